The van der Waals surface area contributed by atoms with E-state index >= 15 is 0 Å². The molecule has 40 heavy (non-hydrogen) atoms. The highest BCUT2D eigenvalue weighted by molar-refractivity contribution is 7.98. The van der Waals surface area contributed by atoms with E-state index in [-0.39, 0.29) is 28.8 Å². The predicted octanol–water partition coefficient (Wildman–Crippen LogP) is 6.18. The topological polar surface area (TPSA) is 60.0 Å². The summed E-state index contributed by atoms with van der Waals surface area (Å²) in [5.41, 5.74) is 4.29. The van der Waals surface area contributed by atoms with Crippen molar-refractivity contribution in [3.63, 3.8) is 0 Å². The molecule has 4 bridgehead atoms. The number of benzene rings is 2. The van der Waals surface area contributed by atoms with Crippen molar-refractivity contribution >= 4 is 35.1 Å². The van der Waals surface area contributed by atoms with E-state index in [1.807, 2.05) is 24.3 Å². The monoisotopic (exact) mass is 582 g/mol. The van der Waals surface area contributed by atoms with Crippen molar-refractivity contribution in [1.29, 1.82) is 0 Å². The zero-order valence-electron chi connectivity index (χ0n) is 23.2. The Hall–Kier alpha value is -1.93. The average Bonchev–Trinajstić information content (AvgIpc) is 3.09. The number of aryl methyl sites for hydroxylation is 1. The van der Waals surface area contributed by atoms with Gasteiger partial charge >= 0.3 is 0 Å². The number of anilines is 1. The highest BCUT2D eigenvalue weighted by Gasteiger charge is 2.45. The first-order valence-corrected chi connectivity index (χ1v) is 16.2. The zero-order valence-corrected chi connectivity index (χ0v) is 24.8. The summed E-state index contributed by atoms with van der Waals surface area (Å²) in [6, 6.07) is 12.3. The van der Waals surface area contributed by atoms with Gasteiger partial charge in [-0.25, -0.2) is 0 Å². The third-order valence-electron chi connectivity index (χ3n) is 9.89. The Morgan fingerprint density at radius 3 is 2.92 bits per heavy atom. The lowest BCUT2D eigenvalue weighted by atomic mass is 9.67. The average molecular weight is 583 g/mol. The number of halogens is 1. The Bertz CT molecular complexity index is 1280. The van der Waals surface area contributed by atoms with Crippen LogP contribution in [0, 0.1) is 11.8 Å². The number of rotatable bonds is 0. The highest BCUT2D eigenvalue weighted by atomic mass is 35.5. The Balaban J connectivity index is 1.26. The van der Waals surface area contributed by atoms with Crippen LogP contribution in [0.15, 0.2) is 36.4 Å². The third-order valence-corrected chi connectivity index (χ3v) is 11.0. The summed E-state index contributed by atoms with van der Waals surface area (Å²) in [4.78, 5) is 15.8. The van der Waals surface area contributed by atoms with Gasteiger partial charge in [0.15, 0.2) is 0 Å². The van der Waals surface area contributed by atoms with Gasteiger partial charge in [-0.2, -0.15) is 0 Å². The molecule has 214 valence electrons. The molecule has 1 saturated carbocycles. The molecule has 0 radical (unpaired) electrons. The van der Waals surface area contributed by atoms with Gasteiger partial charge in [0.1, 0.15) is 5.75 Å². The second-order valence-electron chi connectivity index (χ2n) is 12.5. The number of carbonyl (C=O) groups excluding carboxylic acids is 1. The molecule has 6 nitrogen and oxygen atoms in total. The fraction of sp³-hybridized carbons (Fsp3) is 0.594. The van der Waals surface area contributed by atoms with E-state index < -0.39 is 0 Å². The van der Waals surface area contributed by atoms with Gasteiger partial charge in [-0.3, -0.25) is 9.52 Å². The second kappa shape index (κ2) is 11.0. The van der Waals surface area contributed by atoms with Crippen LogP contribution in [0.3, 0.4) is 0 Å². The van der Waals surface area contributed by atoms with Crippen molar-refractivity contribution in [1.82, 2.24) is 4.72 Å². The van der Waals surface area contributed by atoms with Crippen LogP contribution in [-0.2, 0) is 21.3 Å². The first kappa shape index (κ1) is 26.9. The number of hydrogen-bond acceptors (Lipinski definition) is 6. The zero-order chi connectivity index (χ0) is 27.3. The van der Waals surface area contributed by atoms with E-state index in [1.54, 1.807) is 0 Å². The van der Waals surface area contributed by atoms with Gasteiger partial charge in [0, 0.05) is 47.4 Å². The number of ether oxygens (including phenoxy) is 3. The number of carbonyl (C=O) groups is 1. The normalized spacial score (nSPS) is 34.0. The van der Waals surface area contributed by atoms with E-state index in [2.05, 4.69) is 28.7 Å². The SMILES string of the molecule is C[C@@H]1CO[C@H]2CCO[C@@H](C2)[C@@H]2CC[C@H]2CN2C[C@@]3(CCCc4cc(Cl)ccc43)COc3ccc(cc32)C(=O)NS1. The Labute approximate surface area is 246 Å². The molecule has 1 saturated heterocycles. The molecule has 6 atom stereocenters. The first-order valence-electron chi connectivity index (χ1n) is 15.0. The molecule has 0 unspecified atom stereocenters. The molecule has 2 aromatic rings. The van der Waals surface area contributed by atoms with Crippen molar-refractivity contribution in [2.24, 2.45) is 11.8 Å². The van der Waals surface area contributed by atoms with E-state index in [1.165, 1.54) is 35.9 Å². The van der Waals surface area contributed by atoms with Crippen LogP contribution in [0.2, 0.25) is 5.02 Å². The molecule has 1 N–H and O–H groups in total. The summed E-state index contributed by atoms with van der Waals surface area (Å²) in [5.74, 6) is 1.88. The molecular formula is C32H39ClN2O4S. The van der Waals surface area contributed by atoms with Gasteiger partial charge < -0.3 is 19.1 Å². The van der Waals surface area contributed by atoms with E-state index in [4.69, 9.17) is 25.8 Å². The standard InChI is InChI=1S/C32H39ClN2O4S/c1-20-17-38-25-10-12-37-30(15-25)26-7-4-23(26)16-35-18-32(11-2-3-21-13-24(33)6-8-27(21)32)19-39-29-9-5-22(14-28(29)35)31(36)34-40-20/h5-6,8-9,13-14,20,23,25-26,30H,2-4,7,10-12,15-19H2,1H3,(H,34,36)/t20-,23+,25+,26-,30+,32+/m1/s1. The molecule has 2 fully saturated rings. The maximum absolute atomic E-state index is 13.3. The fourth-order valence-corrected chi connectivity index (χ4v) is 8.38. The number of nitrogens with zero attached hydrogens (tertiary/aromatic N) is 1. The molecule has 1 spiro atoms. The predicted molar refractivity (Wildman–Crippen MR) is 160 cm³/mol. The molecule has 5 aliphatic rings. The minimum atomic E-state index is -0.120. The van der Waals surface area contributed by atoms with Crippen LogP contribution in [0.5, 0.6) is 5.75 Å². The molecule has 3 aliphatic heterocycles. The molecule has 2 aliphatic carbocycles. The molecule has 7 rings (SSSR count). The summed E-state index contributed by atoms with van der Waals surface area (Å²) >= 11 is 7.87. The molecule has 2 aromatic carbocycles. The fourth-order valence-electron chi connectivity index (χ4n) is 7.61. The summed E-state index contributed by atoms with van der Waals surface area (Å²) in [5, 5.41) is 0.962. The first-order chi connectivity index (χ1) is 19.5. The Kier molecular flexibility index (Phi) is 7.44. The molecule has 8 heteroatoms. The summed E-state index contributed by atoms with van der Waals surface area (Å²) in [6.45, 7) is 5.93. The third kappa shape index (κ3) is 5.12. The van der Waals surface area contributed by atoms with Crippen molar-refractivity contribution < 1.29 is 19.0 Å². The van der Waals surface area contributed by atoms with Gasteiger partial charge in [0.25, 0.3) is 5.91 Å². The quantitative estimate of drug-likeness (QED) is 0.374. The van der Waals surface area contributed by atoms with Gasteiger partial charge in [-0.05, 0) is 111 Å². The summed E-state index contributed by atoms with van der Waals surface area (Å²) in [6.07, 6.45) is 8.06. The molecular weight excluding hydrogens is 544 g/mol. The van der Waals surface area contributed by atoms with Crippen molar-refractivity contribution in [3.05, 3.63) is 58.1 Å². The van der Waals surface area contributed by atoms with Crippen LogP contribution in [0.25, 0.3) is 0 Å². The number of amides is 1. The number of fused-ring (bicyclic) bond motifs is 7. The molecule has 0 aromatic heterocycles. The summed E-state index contributed by atoms with van der Waals surface area (Å²) in [7, 11) is 0. The van der Waals surface area contributed by atoms with Gasteiger partial charge in [0.05, 0.1) is 31.1 Å². The lowest BCUT2D eigenvalue weighted by Crippen LogP contribution is -2.51. The number of hydrogen-bond donors (Lipinski definition) is 1. The van der Waals surface area contributed by atoms with Crippen LogP contribution >= 0.6 is 23.5 Å². The summed E-state index contributed by atoms with van der Waals surface area (Å²) < 4.78 is 22.4. The van der Waals surface area contributed by atoms with Crippen LogP contribution < -0.4 is 14.4 Å². The maximum Gasteiger partial charge on any atom is 0.261 e. The van der Waals surface area contributed by atoms with Crippen LogP contribution in [-0.4, -0.2) is 56.3 Å². The minimum Gasteiger partial charge on any atom is -0.490 e. The highest BCUT2D eigenvalue weighted by Crippen LogP contribution is 2.47. The van der Waals surface area contributed by atoms with Gasteiger partial charge in [-0.15, -0.1) is 0 Å². The lowest BCUT2D eigenvalue weighted by Gasteiger charge is -2.48. The van der Waals surface area contributed by atoms with Crippen molar-refractivity contribution in [3.8, 4) is 5.75 Å². The van der Waals surface area contributed by atoms with Crippen LogP contribution in [0.1, 0.15) is 66.9 Å². The van der Waals surface area contributed by atoms with E-state index in [0.717, 1.165) is 68.3 Å². The second-order valence-corrected chi connectivity index (χ2v) is 14.2. The lowest BCUT2D eigenvalue weighted by molar-refractivity contribution is -0.116. The van der Waals surface area contributed by atoms with E-state index in [9.17, 15) is 4.79 Å². The van der Waals surface area contributed by atoms with E-state index in [0.29, 0.717) is 30.6 Å². The largest absolute Gasteiger partial charge is 0.490 e. The van der Waals surface area contributed by atoms with Crippen molar-refractivity contribution in [2.75, 3.05) is 37.8 Å². The molecule has 3 heterocycles. The van der Waals surface area contributed by atoms with Crippen LogP contribution in [0.4, 0.5) is 5.69 Å². The van der Waals surface area contributed by atoms with Gasteiger partial charge in [-0.1, -0.05) is 17.7 Å². The maximum atomic E-state index is 13.3. The Morgan fingerprint density at radius 2 is 2.05 bits per heavy atom. The van der Waals surface area contributed by atoms with Crippen molar-refractivity contribution in [2.45, 2.75) is 74.7 Å². The Morgan fingerprint density at radius 1 is 1.12 bits per heavy atom. The molecule has 1 amide bonds. The minimum absolute atomic E-state index is 0.0732. The number of nitrogens with one attached hydrogen (secondary N) is 1. The smallest absolute Gasteiger partial charge is 0.261 e. The van der Waals surface area contributed by atoms with Gasteiger partial charge in [0.2, 0.25) is 0 Å².